The number of rotatable bonds is 7. The minimum absolute atomic E-state index is 0.0388. The van der Waals surface area contributed by atoms with Gasteiger partial charge in [-0.1, -0.05) is 24.9 Å². The van der Waals surface area contributed by atoms with Gasteiger partial charge in [-0.15, -0.1) is 0 Å². The molecule has 1 unspecified atom stereocenters. The van der Waals surface area contributed by atoms with E-state index in [9.17, 15) is 9.59 Å². The number of nitrogens with one attached hydrogen (secondary N) is 1. The number of nitrogens with zero attached hydrogens (tertiary/aromatic N) is 2. The molecule has 0 aliphatic carbocycles. The molecule has 0 bridgehead atoms. The van der Waals surface area contributed by atoms with Gasteiger partial charge in [0.2, 0.25) is 5.91 Å². The van der Waals surface area contributed by atoms with Crippen LogP contribution >= 0.6 is 11.6 Å². The zero-order valence-electron chi connectivity index (χ0n) is 19.7. The van der Waals surface area contributed by atoms with Gasteiger partial charge in [0.15, 0.2) is 5.76 Å². The van der Waals surface area contributed by atoms with Crippen LogP contribution in [0.25, 0.3) is 11.3 Å². The van der Waals surface area contributed by atoms with E-state index >= 15 is 0 Å². The quantitative estimate of drug-likeness (QED) is 0.628. The Labute approximate surface area is 201 Å². The summed E-state index contributed by atoms with van der Waals surface area (Å²) in [5.41, 5.74) is 0.844. The highest BCUT2D eigenvalue weighted by Crippen LogP contribution is 2.30. The summed E-state index contributed by atoms with van der Waals surface area (Å²) in [5.74, 6) is 0.972. The van der Waals surface area contributed by atoms with Crippen molar-refractivity contribution in [1.29, 1.82) is 0 Å². The van der Waals surface area contributed by atoms with E-state index in [0.29, 0.717) is 35.7 Å². The maximum atomic E-state index is 13.2. The minimum atomic E-state index is -0.494. The highest BCUT2D eigenvalue weighted by molar-refractivity contribution is 6.30. The summed E-state index contributed by atoms with van der Waals surface area (Å²) < 4.78 is 5.76. The third-order valence-corrected chi connectivity index (χ3v) is 7.27. The Morgan fingerprint density at radius 3 is 2.61 bits per heavy atom. The summed E-state index contributed by atoms with van der Waals surface area (Å²) in [4.78, 5) is 30.6. The van der Waals surface area contributed by atoms with E-state index < -0.39 is 6.04 Å². The molecule has 1 aromatic heterocycles. The molecule has 2 aromatic rings. The molecule has 6 nitrogen and oxygen atoms in total. The van der Waals surface area contributed by atoms with Crippen molar-refractivity contribution >= 4 is 23.4 Å². The molecule has 2 aliphatic rings. The van der Waals surface area contributed by atoms with Crippen LogP contribution in [0.3, 0.4) is 0 Å². The van der Waals surface area contributed by atoms with E-state index in [1.165, 1.54) is 0 Å². The van der Waals surface area contributed by atoms with Crippen LogP contribution in [-0.4, -0.2) is 59.4 Å². The first-order chi connectivity index (χ1) is 15.9. The zero-order valence-corrected chi connectivity index (χ0v) is 20.5. The van der Waals surface area contributed by atoms with Crippen LogP contribution < -0.4 is 5.32 Å². The second-order valence-electron chi connectivity index (χ2n) is 9.51. The molecule has 3 atom stereocenters. The Balaban J connectivity index is 1.39. The lowest BCUT2D eigenvalue weighted by Crippen LogP contribution is -2.54. The van der Waals surface area contributed by atoms with Crippen LogP contribution in [0.4, 0.5) is 0 Å². The SMILES string of the molecule is CCC[C@@H]1CN(C(C)C)CC[C@@H]1N1CCC(NC(=O)c2ccc(-c3ccc(Cl)cc3)o2)C1=O. The normalized spacial score (nSPS) is 24.0. The van der Waals surface area contributed by atoms with Crippen molar-refractivity contribution in [3.63, 3.8) is 0 Å². The lowest BCUT2D eigenvalue weighted by molar-refractivity contribution is -0.133. The van der Waals surface area contributed by atoms with Gasteiger partial charge in [0, 0.05) is 42.3 Å². The van der Waals surface area contributed by atoms with Crippen LogP contribution in [-0.2, 0) is 4.79 Å². The van der Waals surface area contributed by atoms with Crippen molar-refractivity contribution < 1.29 is 14.0 Å². The number of halogens is 1. The molecule has 2 amide bonds. The fourth-order valence-electron chi connectivity index (χ4n) is 5.21. The van der Waals surface area contributed by atoms with Gasteiger partial charge in [-0.25, -0.2) is 0 Å². The first kappa shape index (κ1) is 23.8. The molecule has 0 radical (unpaired) electrons. The van der Waals surface area contributed by atoms with E-state index in [1.807, 2.05) is 17.0 Å². The van der Waals surface area contributed by atoms with E-state index in [4.69, 9.17) is 16.0 Å². The van der Waals surface area contributed by atoms with Gasteiger partial charge in [0.25, 0.3) is 5.91 Å². The van der Waals surface area contributed by atoms with E-state index in [-0.39, 0.29) is 23.6 Å². The molecule has 4 rings (SSSR count). The van der Waals surface area contributed by atoms with Crippen LogP contribution in [0.5, 0.6) is 0 Å². The molecule has 0 spiro atoms. The van der Waals surface area contributed by atoms with Crippen LogP contribution in [0.15, 0.2) is 40.8 Å². The zero-order chi connectivity index (χ0) is 23.5. The average Bonchev–Trinajstić information content (AvgIpc) is 3.42. The molecular formula is C26H34ClN3O3. The molecule has 7 heteroatoms. The van der Waals surface area contributed by atoms with Crippen LogP contribution in [0.1, 0.15) is 57.0 Å². The van der Waals surface area contributed by atoms with Gasteiger partial charge in [-0.05, 0) is 75.4 Å². The van der Waals surface area contributed by atoms with Gasteiger partial charge in [0.1, 0.15) is 11.8 Å². The Morgan fingerprint density at radius 1 is 1.15 bits per heavy atom. The lowest BCUT2D eigenvalue weighted by atomic mass is 9.86. The number of hydrogen-bond acceptors (Lipinski definition) is 4. The lowest BCUT2D eigenvalue weighted by Gasteiger charge is -2.44. The second-order valence-corrected chi connectivity index (χ2v) is 9.95. The van der Waals surface area contributed by atoms with E-state index in [0.717, 1.165) is 37.9 Å². The number of piperidine rings is 1. The number of benzene rings is 1. The molecule has 0 saturated carbocycles. The van der Waals surface area contributed by atoms with E-state index in [2.05, 4.69) is 31.0 Å². The van der Waals surface area contributed by atoms with Crippen molar-refractivity contribution in [2.75, 3.05) is 19.6 Å². The Bertz CT molecular complexity index is 971. The smallest absolute Gasteiger partial charge is 0.287 e. The number of hydrogen-bond donors (Lipinski definition) is 1. The molecule has 1 aromatic carbocycles. The Morgan fingerprint density at radius 2 is 1.91 bits per heavy atom. The molecular weight excluding hydrogens is 438 g/mol. The molecule has 33 heavy (non-hydrogen) atoms. The van der Waals surface area contributed by atoms with E-state index in [1.54, 1.807) is 24.3 Å². The van der Waals surface area contributed by atoms with Crippen LogP contribution in [0.2, 0.25) is 5.02 Å². The summed E-state index contributed by atoms with van der Waals surface area (Å²) in [6.45, 7) is 9.44. The number of carbonyl (C=O) groups is 2. The highest BCUT2D eigenvalue weighted by atomic mass is 35.5. The van der Waals surface area contributed by atoms with Crippen molar-refractivity contribution in [2.24, 2.45) is 5.92 Å². The first-order valence-electron chi connectivity index (χ1n) is 12.1. The molecule has 178 valence electrons. The largest absolute Gasteiger partial charge is 0.451 e. The summed E-state index contributed by atoms with van der Waals surface area (Å²) >= 11 is 5.95. The van der Waals surface area contributed by atoms with Gasteiger partial charge < -0.3 is 19.5 Å². The van der Waals surface area contributed by atoms with Crippen LogP contribution in [0, 0.1) is 5.92 Å². The standard InChI is InChI=1S/C26H34ClN3O3/c1-4-5-19-16-29(17(2)3)14-13-22(19)30-15-12-21(26(30)32)28-25(31)24-11-10-23(33-24)18-6-8-20(27)9-7-18/h6-11,17,19,21-22H,4-5,12-16H2,1-3H3,(H,28,31)/t19-,21?,22+/m1/s1. The summed E-state index contributed by atoms with van der Waals surface area (Å²) in [6.07, 6.45) is 3.87. The number of furan rings is 1. The minimum Gasteiger partial charge on any atom is -0.451 e. The van der Waals surface area contributed by atoms with Crippen molar-refractivity contribution in [3.05, 3.63) is 47.2 Å². The van der Waals surface area contributed by atoms with Gasteiger partial charge in [-0.2, -0.15) is 0 Å². The molecule has 2 fully saturated rings. The summed E-state index contributed by atoms with van der Waals surface area (Å²) in [6, 6.07) is 11.0. The molecule has 3 heterocycles. The third-order valence-electron chi connectivity index (χ3n) is 7.02. The first-order valence-corrected chi connectivity index (χ1v) is 12.5. The van der Waals surface area contributed by atoms with Gasteiger partial charge in [0.05, 0.1) is 0 Å². The Hall–Kier alpha value is -2.31. The molecule has 2 saturated heterocycles. The second kappa shape index (κ2) is 10.3. The summed E-state index contributed by atoms with van der Waals surface area (Å²) in [5, 5.41) is 3.55. The maximum absolute atomic E-state index is 13.2. The fourth-order valence-corrected chi connectivity index (χ4v) is 5.33. The maximum Gasteiger partial charge on any atom is 0.287 e. The van der Waals surface area contributed by atoms with Gasteiger partial charge in [-0.3, -0.25) is 9.59 Å². The number of likely N-dealkylation sites (tertiary alicyclic amines) is 2. The monoisotopic (exact) mass is 471 g/mol. The molecule has 2 aliphatic heterocycles. The van der Waals surface area contributed by atoms with Crippen molar-refractivity contribution in [2.45, 2.75) is 64.6 Å². The predicted molar refractivity (Wildman–Crippen MR) is 130 cm³/mol. The third kappa shape index (κ3) is 5.28. The topological polar surface area (TPSA) is 65.8 Å². The van der Waals surface area contributed by atoms with Crippen molar-refractivity contribution in [3.8, 4) is 11.3 Å². The number of carbonyl (C=O) groups excluding carboxylic acids is 2. The highest BCUT2D eigenvalue weighted by Gasteiger charge is 2.41. The van der Waals surface area contributed by atoms with Crippen molar-refractivity contribution in [1.82, 2.24) is 15.1 Å². The average molecular weight is 472 g/mol. The number of amides is 2. The molecule has 1 N–H and O–H groups in total. The summed E-state index contributed by atoms with van der Waals surface area (Å²) in [7, 11) is 0. The van der Waals surface area contributed by atoms with Gasteiger partial charge >= 0.3 is 0 Å². The predicted octanol–water partition coefficient (Wildman–Crippen LogP) is 4.83. The fraction of sp³-hybridized carbons (Fsp3) is 0.538. The Kier molecular flexibility index (Phi) is 7.45.